The van der Waals surface area contributed by atoms with E-state index in [0.717, 1.165) is 41.2 Å². The van der Waals surface area contributed by atoms with Crippen LogP contribution >= 0.6 is 0 Å². The third kappa shape index (κ3) is 7.26. The van der Waals surface area contributed by atoms with Crippen LogP contribution in [0.2, 0.25) is 0 Å². The number of carbonyl (C=O) groups is 1. The monoisotopic (exact) mass is 616 g/mol. The number of nitrogens with one attached hydrogen (secondary N) is 1. The Morgan fingerprint density at radius 3 is 2.57 bits per heavy atom. The molecule has 2 fully saturated rings. The summed E-state index contributed by atoms with van der Waals surface area (Å²) < 4.78 is 51.9. The number of pyridine rings is 1. The Morgan fingerprint density at radius 1 is 1.11 bits per heavy atom. The maximum Gasteiger partial charge on any atom is 0.309 e. The Kier molecular flexibility index (Phi) is 10.2. The lowest BCUT2D eigenvalue weighted by Gasteiger charge is -2.39. The number of carboxylic acids is 1. The summed E-state index contributed by atoms with van der Waals surface area (Å²) in [6.07, 6.45) is 2.18. The van der Waals surface area contributed by atoms with Gasteiger partial charge in [0.1, 0.15) is 11.6 Å². The van der Waals surface area contributed by atoms with Gasteiger partial charge in [-0.15, -0.1) is 0 Å². The number of halogens is 3. The van der Waals surface area contributed by atoms with Gasteiger partial charge < -0.3 is 29.9 Å². The minimum absolute atomic E-state index is 0.239. The molecule has 9 nitrogen and oxygen atoms in total. The first-order valence-electron chi connectivity index (χ1n) is 15.0. The molecule has 0 amide bonds. The lowest BCUT2D eigenvalue weighted by atomic mass is 9.73. The Morgan fingerprint density at radius 2 is 1.86 bits per heavy atom. The van der Waals surface area contributed by atoms with E-state index in [4.69, 9.17) is 9.47 Å². The second-order valence-corrected chi connectivity index (χ2v) is 11.6. The van der Waals surface area contributed by atoms with E-state index in [0.29, 0.717) is 64.1 Å². The molecule has 1 aromatic heterocycles. The molecule has 1 atom stereocenters. The van der Waals surface area contributed by atoms with Crippen molar-refractivity contribution in [2.24, 2.45) is 5.41 Å². The number of methoxy groups -OCH3 is 1. The van der Waals surface area contributed by atoms with E-state index >= 15 is 0 Å². The van der Waals surface area contributed by atoms with Crippen molar-refractivity contribution >= 4 is 22.6 Å². The van der Waals surface area contributed by atoms with Gasteiger partial charge in [0.05, 0.1) is 43.0 Å². The molecule has 2 aliphatic heterocycles. The lowest BCUT2D eigenvalue weighted by molar-refractivity contribution is -0.153. The lowest BCUT2D eigenvalue weighted by Crippen LogP contribution is -2.45. The van der Waals surface area contributed by atoms with Crippen molar-refractivity contribution in [2.75, 3.05) is 64.9 Å². The van der Waals surface area contributed by atoms with Crippen LogP contribution in [0.4, 0.5) is 18.9 Å². The fourth-order valence-corrected chi connectivity index (χ4v) is 6.25. The Bertz CT molecular complexity index is 1460. The van der Waals surface area contributed by atoms with Gasteiger partial charge in [-0.25, -0.2) is 13.2 Å². The molecule has 0 saturated carbocycles. The van der Waals surface area contributed by atoms with Crippen LogP contribution in [0.3, 0.4) is 0 Å². The van der Waals surface area contributed by atoms with Gasteiger partial charge in [-0.05, 0) is 68.1 Å². The molecule has 238 valence electrons. The third-order valence-electron chi connectivity index (χ3n) is 8.93. The predicted molar refractivity (Wildman–Crippen MR) is 159 cm³/mol. The van der Waals surface area contributed by atoms with E-state index in [-0.39, 0.29) is 25.1 Å². The number of aliphatic hydroxyl groups is 1. The number of nitrogens with zero attached hydrogens (tertiary/aromatic N) is 3. The molecule has 3 heterocycles. The summed E-state index contributed by atoms with van der Waals surface area (Å²) in [5.41, 5.74) is 1.10. The van der Waals surface area contributed by atoms with Crippen molar-refractivity contribution in [3.63, 3.8) is 0 Å². The molecule has 44 heavy (non-hydrogen) atoms. The predicted octanol–water partition coefficient (Wildman–Crippen LogP) is 4.59. The van der Waals surface area contributed by atoms with Gasteiger partial charge in [-0.2, -0.15) is 0 Å². The summed E-state index contributed by atoms with van der Waals surface area (Å²) in [6.45, 7) is 5.08. The highest BCUT2D eigenvalue weighted by Crippen LogP contribution is 2.40. The summed E-state index contributed by atoms with van der Waals surface area (Å²) in [5.74, 6) is -3.52. The largest absolute Gasteiger partial charge is 0.497 e. The molecule has 12 heteroatoms. The molecule has 3 aromatic rings. The molecule has 3 N–H and O–H groups in total. The van der Waals surface area contributed by atoms with Gasteiger partial charge >= 0.3 is 5.97 Å². The molecule has 0 unspecified atom stereocenters. The van der Waals surface area contributed by atoms with Crippen LogP contribution in [0, 0.1) is 22.9 Å². The summed E-state index contributed by atoms with van der Waals surface area (Å²) in [4.78, 5) is 21.5. The summed E-state index contributed by atoms with van der Waals surface area (Å²) in [5, 5.41) is 25.5. The number of rotatable bonds is 12. The fraction of sp³-hybridized carbons (Fsp3) is 0.500. The van der Waals surface area contributed by atoms with E-state index in [1.165, 1.54) is 0 Å². The first-order valence-corrected chi connectivity index (χ1v) is 15.0. The molecule has 0 bridgehead atoms. The zero-order valence-corrected chi connectivity index (χ0v) is 24.8. The van der Waals surface area contributed by atoms with Gasteiger partial charge in [-0.1, -0.05) is 0 Å². The van der Waals surface area contributed by atoms with Crippen LogP contribution in [-0.2, 0) is 16.1 Å². The summed E-state index contributed by atoms with van der Waals surface area (Å²) in [7, 11) is 1.58. The highest BCUT2D eigenvalue weighted by atomic mass is 19.2. The summed E-state index contributed by atoms with van der Waals surface area (Å²) in [6, 6.07) is 6.94. The average Bonchev–Trinajstić information content (AvgIpc) is 3.02. The number of ether oxygens (including phenoxy) is 2. The number of hydrogen-bond acceptors (Lipinski definition) is 8. The van der Waals surface area contributed by atoms with Crippen molar-refractivity contribution in [1.29, 1.82) is 0 Å². The van der Waals surface area contributed by atoms with E-state index in [1.807, 2.05) is 23.1 Å². The fourth-order valence-electron chi connectivity index (χ4n) is 6.25. The number of anilines is 1. The zero-order valence-electron chi connectivity index (χ0n) is 24.8. The minimum atomic E-state index is -1.26. The van der Waals surface area contributed by atoms with E-state index in [1.54, 1.807) is 13.3 Å². The zero-order chi connectivity index (χ0) is 31.3. The number of fused-ring (bicyclic) bond motifs is 1. The van der Waals surface area contributed by atoms with Crippen molar-refractivity contribution < 1.29 is 37.7 Å². The van der Waals surface area contributed by atoms with Crippen LogP contribution in [0.5, 0.6) is 5.75 Å². The standard InChI is InChI=1S/C32H39F3N4O5/c1-43-23-2-3-26-24(18-23)29(21(19-37-26)20-39-12-14-44-15-13-39)28(40)4-5-32(31(41)42)6-9-38(10-7-32)11-8-36-27-17-22(33)16-25(34)30(27)35/h2-3,16-19,28,36,40H,4-15,20H2,1H3,(H,41,42)/t28-/m0/s1. The average molecular weight is 617 g/mol. The molecule has 0 aliphatic carbocycles. The van der Waals surface area contributed by atoms with Gasteiger partial charge in [0, 0.05) is 56.4 Å². The van der Waals surface area contributed by atoms with Crippen molar-refractivity contribution in [3.05, 3.63) is 65.1 Å². The number of morpholine rings is 1. The number of aromatic nitrogens is 1. The van der Waals surface area contributed by atoms with Gasteiger partial charge in [0.2, 0.25) is 0 Å². The molecule has 2 aliphatic rings. The molecular formula is C32H39F3N4O5. The minimum Gasteiger partial charge on any atom is -0.497 e. The van der Waals surface area contributed by atoms with Crippen LogP contribution in [0.25, 0.3) is 10.9 Å². The topological polar surface area (TPSA) is 107 Å². The molecule has 5 rings (SSSR count). The van der Waals surface area contributed by atoms with Gasteiger partial charge in [0.15, 0.2) is 11.6 Å². The SMILES string of the molecule is COc1ccc2ncc(CN3CCOCC3)c([C@@H](O)CCC3(C(=O)O)CCN(CCNc4cc(F)cc(F)c4F)CC3)c2c1. The Labute approximate surface area is 254 Å². The first-order chi connectivity index (χ1) is 21.2. The number of benzene rings is 2. The van der Waals surface area contributed by atoms with Crippen LogP contribution in [0.1, 0.15) is 42.9 Å². The van der Waals surface area contributed by atoms with Crippen LogP contribution < -0.4 is 10.1 Å². The van der Waals surface area contributed by atoms with Gasteiger partial charge in [-0.3, -0.25) is 14.7 Å². The smallest absolute Gasteiger partial charge is 0.309 e. The molecule has 0 radical (unpaired) electrons. The number of piperidine rings is 1. The number of hydrogen-bond donors (Lipinski definition) is 3. The highest BCUT2D eigenvalue weighted by molar-refractivity contribution is 5.85. The normalized spacial score (nSPS) is 18.3. The molecule has 2 saturated heterocycles. The number of likely N-dealkylation sites (tertiary alicyclic amines) is 1. The number of aliphatic carboxylic acids is 1. The van der Waals surface area contributed by atoms with Crippen molar-refractivity contribution in [3.8, 4) is 5.75 Å². The van der Waals surface area contributed by atoms with E-state index in [2.05, 4.69) is 15.2 Å². The quantitative estimate of drug-likeness (QED) is 0.252. The van der Waals surface area contributed by atoms with Crippen molar-refractivity contribution in [1.82, 2.24) is 14.8 Å². The number of aliphatic hydroxyl groups excluding tert-OH is 1. The van der Waals surface area contributed by atoms with Crippen molar-refractivity contribution in [2.45, 2.75) is 38.3 Å². The maximum atomic E-state index is 14.0. The second kappa shape index (κ2) is 14.1. The molecule has 2 aromatic carbocycles. The summed E-state index contributed by atoms with van der Waals surface area (Å²) >= 11 is 0. The first kappa shape index (κ1) is 32.0. The maximum absolute atomic E-state index is 14.0. The van der Waals surface area contributed by atoms with Crippen LogP contribution in [0.15, 0.2) is 36.5 Å². The second-order valence-electron chi connectivity index (χ2n) is 11.6. The van der Waals surface area contributed by atoms with Gasteiger partial charge in [0.25, 0.3) is 0 Å². The van der Waals surface area contributed by atoms with Crippen LogP contribution in [-0.4, -0.2) is 90.6 Å². The molecular weight excluding hydrogens is 577 g/mol. The van der Waals surface area contributed by atoms with E-state index in [9.17, 15) is 28.2 Å². The van der Waals surface area contributed by atoms with E-state index < -0.39 is 34.9 Å². The Balaban J connectivity index is 1.25. The number of carboxylic acid groups (broad SMARTS) is 1. The molecule has 0 spiro atoms. The Hall–Kier alpha value is -3.45. The third-order valence-corrected chi connectivity index (χ3v) is 8.93. The highest BCUT2D eigenvalue weighted by Gasteiger charge is 2.41.